The van der Waals surface area contributed by atoms with Crippen LogP contribution in [0.5, 0.6) is 0 Å². The Labute approximate surface area is 126 Å². The minimum Gasteiger partial charge on any atom is -0.268 e. The van der Waals surface area contributed by atoms with E-state index in [-0.39, 0.29) is 5.41 Å². The van der Waals surface area contributed by atoms with E-state index in [2.05, 4.69) is 25.0 Å². The first kappa shape index (κ1) is 15.4. The molecule has 0 N–H and O–H groups in total. The van der Waals surface area contributed by atoms with E-state index in [1.54, 1.807) is 0 Å². The van der Waals surface area contributed by atoms with Crippen LogP contribution in [0.2, 0.25) is 5.02 Å². The molecule has 0 bridgehead atoms. The van der Waals surface area contributed by atoms with E-state index in [4.69, 9.17) is 11.6 Å². The summed E-state index contributed by atoms with van der Waals surface area (Å²) in [5.74, 6) is 0.682. The number of nitrogens with zero attached hydrogens (tertiary/aromatic N) is 3. The Kier molecular flexibility index (Phi) is 4.75. The van der Waals surface area contributed by atoms with Gasteiger partial charge >= 0.3 is 0 Å². The van der Waals surface area contributed by atoms with Crippen molar-refractivity contribution in [3.8, 4) is 6.07 Å². The third kappa shape index (κ3) is 2.86. The Hall–Kier alpha value is -1.01. The fraction of sp³-hybridized carbons (Fsp3) is 0.750. The van der Waals surface area contributed by atoms with Crippen LogP contribution >= 0.6 is 11.6 Å². The summed E-state index contributed by atoms with van der Waals surface area (Å²) in [6.07, 6.45) is 6.33. The van der Waals surface area contributed by atoms with Crippen LogP contribution in [0.4, 0.5) is 0 Å². The predicted molar refractivity (Wildman–Crippen MR) is 81.6 cm³/mol. The van der Waals surface area contributed by atoms with Crippen LogP contribution in [0.3, 0.4) is 0 Å². The molecular weight excluding hydrogens is 270 g/mol. The first-order valence-corrected chi connectivity index (χ1v) is 8.06. The summed E-state index contributed by atoms with van der Waals surface area (Å²) in [7, 11) is 0. The van der Waals surface area contributed by atoms with Crippen molar-refractivity contribution in [1.29, 1.82) is 5.26 Å². The molecule has 2 atom stereocenters. The maximum atomic E-state index is 9.75. The van der Waals surface area contributed by atoms with Gasteiger partial charge in [0.2, 0.25) is 0 Å². The van der Waals surface area contributed by atoms with Gasteiger partial charge in [-0.1, -0.05) is 37.8 Å². The van der Waals surface area contributed by atoms with Crippen LogP contribution in [-0.2, 0) is 13.0 Å². The van der Waals surface area contributed by atoms with Crippen molar-refractivity contribution >= 4 is 11.6 Å². The minimum absolute atomic E-state index is 0.248. The number of halogens is 1. The van der Waals surface area contributed by atoms with E-state index in [9.17, 15) is 5.26 Å². The summed E-state index contributed by atoms with van der Waals surface area (Å²) < 4.78 is 1.96. The van der Waals surface area contributed by atoms with Crippen LogP contribution in [0.1, 0.15) is 57.3 Å². The van der Waals surface area contributed by atoms with Crippen molar-refractivity contribution in [2.24, 2.45) is 11.3 Å². The summed E-state index contributed by atoms with van der Waals surface area (Å²) in [4.78, 5) is 0. The number of aryl methyl sites for hydroxylation is 2. The molecule has 20 heavy (non-hydrogen) atoms. The van der Waals surface area contributed by atoms with Crippen molar-refractivity contribution in [2.75, 3.05) is 0 Å². The second-order valence-electron chi connectivity index (χ2n) is 6.10. The van der Waals surface area contributed by atoms with E-state index in [1.165, 1.54) is 12.8 Å². The van der Waals surface area contributed by atoms with Crippen molar-refractivity contribution in [3.05, 3.63) is 16.4 Å². The lowest BCUT2D eigenvalue weighted by molar-refractivity contribution is 0.191. The quantitative estimate of drug-likeness (QED) is 0.819. The van der Waals surface area contributed by atoms with Crippen molar-refractivity contribution in [2.45, 2.75) is 65.8 Å². The molecule has 1 heterocycles. The topological polar surface area (TPSA) is 41.6 Å². The minimum atomic E-state index is -0.248. The fourth-order valence-corrected chi connectivity index (χ4v) is 3.70. The van der Waals surface area contributed by atoms with Gasteiger partial charge in [0.05, 0.1) is 27.9 Å². The molecule has 1 fully saturated rings. The van der Waals surface area contributed by atoms with Gasteiger partial charge in [-0.05, 0) is 32.6 Å². The molecule has 1 aliphatic rings. The monoisotopic (exact) mass is 293 g/mol. The van der Waals surface area contributed by atoms with E-state index in [0.29, 0.717) is 5.92 Å². The lowest BCUT2D eigenvalue weighted by Gasteiger charge is -2.35. The smallest absolute Gasteiger partial charge is 0.0847 e. The number of hydrogen-bond donors (Lipinski definition) is 0. The average Bonchev–Trinajstić information content (AvgIpc) is 2.75. The van der Waals surface area contributed by atoms with E-state index in [0.717, 1.165) is 48.6 Å². The van der Waals surface area contributed by atoms with Gasteiger partial charge in [-0.25, -0.2) is 0 Å². The van der Waals surface area contributed by atoms with Crippen LogP contribution < -0.4 is 0 Å². The first-order chi connectivity index (χ1) is 9.55. The Morgan fingerprint density at radius 1 is 1.50 bits per heavy atom. The third-order valence-corrected chi connectivity index (χ3v) is 5.21. The third-order valence-electron chi connectivity index (χ3n) is 4.72. The molecule has 0 aliphatic heterocycles. The summed E-state index contributed by atoms with van der Waals surface area (Å²) in [6, 6.07) is 2.62. The molecule has 0 spiro atoms. The fourth-order valence-electron chi connectivity index (χ4n) is 3.49. The molecule has 110 valence electrons. The van der Waals surface area contributed by atoms with E-state index >= 15 is 0 Å². The number of rotatable bonds is 4. The van der Waals surface area contributed by atoms with Crippen molar-refractivity contribution in [1.82, 2.24) is 9.78 Å². The van der Waals surface area contributed by atoms with Crippen molar-refractivity contribution < 1.29 is 0 Å². The van der Waals surface area contributed by atoms with Crippen molar-refractivity contribution in [3.63, 3.8) is 0 Å². The van der Waals surface area contributed by atoms with Gasteiger partial charge in [-0.15, -0.1) is 0 Å². The molecule has 0 aromatic carbocycles. The molecule has 2 unspecified atom stereocenters. The van der Waals surface area contributed by atoms with E-state index in [1.807, 2.05) is 11.6 Å². The van der Waals surface area contributed by atoms with Gasteiger partial charge in [0.1, 0.15) is 0 Å². The molecule has 0 saturated heterocycles. The average molecular weight is 294 g/mol. The highest BCUT2D eigenvalue weighted by molar-refractivity contribution is 6.31. The van der Waals surface area contributed by atoms with Gasteiger partial charge in [-0.3, -0.25) is 4.68 Å². The zero-order chi connectivity index (χ0) is 14.8. The van der Waals surface area contributed by atoms with Crippen LogP contribution in [0.25, 0.3) is 0 Å². The second-order valence-corrected chi connectivity index (χ2v) is 6.48. The maximum Gasteiger partial charge on any atom is 0.0847 e. The molecule has 4 heteroatoms. The lowest BCUT2D eigenvalue weighted by Crippen LogP contribution is -2.30. The van der Waals surface area contributed by atoms with Crippen LogP contribution in [-0.4, -0.2) is 9.78 Å². The first-order valence-electron chi connectivity index (χ1n) is 7.68. The van der Waals surface area contributed by atoms with Gasteiger partial charge < -0.3 is 0 Å². The largest absolute Gasteiger partial charge is 0.268 e. The molecule has 1 aromatic heterocycles. The zero-order valence-corrected chi connectivity index (χ0v) is 13.5. The number of nitriles is 1. The second kappa shape index (κ2) is 6.18. The van der Waals surface area contributed by atoms with Crippen LogP contribution in [0, 0.1) is 29.6 Å². The molecule has 1 aromatic rings. The highest BCUT2D eigenvalue weighted by Crippen LogP contribution is 2.43. The van der Waals surface area contributed by atoms with Gasteiger partial charge in [0, 0.05) is 13.0 Å². The molecular formula is C16H24ClN3. The lowest BCUT2D eigenvalue weighted by atomic mass is 9.67. The van der Waals surface area contributed by atoms with Gasteiger partial charge in [-0.2, -0.15) is 10.4 Å². The molecule has 3 nitrogen and oxygen atoms in total. The Bertz CT molecular complexity index is 515. The number of hydrogen-bond acceptors (Lipinski definition) is 2. The summed E-state index contributed by atoms with van der Waals surface area (Å²) in [5.41, 5.74) is 1.67. The highest BCUT2D eigenvalue weighted by Gasteiger charge is 2.37. The highest BCUT2D eigenvalue weighted by atomic mass is 35.5. The molecule has 1 aliphatic carbocycles. The van der Waals surface area contributed by atoms with Crippen LogP contribution in [0.15, 0.2) is 0 Å². The van der Waals surface area contributed by atoms with Gasteiger partial charge in [0.25, 0.3) is 0 Å². The predicted octanol–water partition coefficient (Wildman–Crippen LogP) is 4.52. The molecule has 0 radical (unpaired) electrons. The molecule has 2 rings (SSSR count). The Morgan fingerprint density at radius 2 is 2.25 bits per heavy atom. The summed E-state index contributed by atoms with van der Waals surface area (Å²) in [6.45, 7) is 7.04. The maximum absolute atomic E-state index is 9.75. The standard InChI is InChI=1S/C16H24ClN3/c1-4-13-7-6-8-16(9-13,11-18)10-14-15(17)12(3)19-20(14)5-2/h13H,4-10H2,1-3H3. The Balaban J connectivity index is 2.29. The zero-order valence-electron chi connectivity index (χ0n) is 12.7. The molecule has 0 amide bonds. The van der Waals surface area contributed by atoms with Gasteiger partial charge in [0.15, 0.2) is 0 Å². The van der Waals surface area contributed by atoms with E-state index < -0.39 is 0 Å². The molecule has 1 saturated carbocycles. The SMILES string of the molecule is CCC1CCCC(C#N)(Cc2c(Cl)c(C)nn2CC)C1. The Morgan fingerprint density at radius 3 is 2.85 bits per heavy atom. The summed E-state index contributed by atoms with van der Waals surface area (Å²) in [5, 5.41) is 15.0. The number of aromatic nitrogens is 2. The normalized spacial score (nSPS) is 26.4. The summed E-state index contributed by atoms with van der Waals surface area (Å²) >= 11 is 6.41.